The molecule has 178 valence electrons. The Morgan fingerprint density at radius 1 is 0.281 bits per heavy atom. The molecule has 0 unspecified atom stereocenters. The van der Waals surface area contributed by atoms with Crippen LogP contribution in [0.1, 0.15) is 154 Å². The lowest BCUT2D eigenvalue weighted by Crippen LogP contribution is -1.82. The molecule has 0 aliphatic rings. The van der Waals surface area contributed by atoms with Crippen LogP contribution in [-0.4, -0.2) is 0 Å². The molecule has 0 heteroatoms. The van der Waals surface area contributed by atoms with Gasteiger partial charge in [0, 0.05) is 25.7 Å². The average Bonchev–Trinajstić information content (AvgIpc) is 2.81. The van der Waals surface area contributed by atoms with E-state index < -0.39 is 0 Å². The molecule has 0 saturated carbocycles. The lowest BCUT2D eigenvalue weighted by atomic mass is 10.1. The first-order valence-corrected chi connectivity index (χ1v) is 13.7. The maximum absolute atomic E-state index is 5.27. The van der Waals surface area contributed by atoms with Gasteiger partial charge >= 0.3 is 0 Å². The van der Waals surface area contributed by atoms with E-state index in [1.165, 1.54) is 128 Å². The van der Waals surface area contributed by atoms with Crippen molar-refractivity contribution in [3.63, 3.8) is 0 Å². The highest BCUT2D eigenvalue weighted by molar-refractivity contribution is 5.25. The lowest BCUT2D eigenvalue weighted by Gasteiger charge is -2.01. The van der Waals surface area contributed by atoms with Crippen molar-refractivity contribution in [3.8, 4) is 48.4 Å². The highest BCUT2D eigenvalue weighted by Gasteiger charge is 1.93. The van der Waals surface area contributed by atoms with E-state index in [9.17, 15) is 0 Å². The molecule has 0 fully saturated rings. The van der Waals surface area contributed by atoms with Gasteiger partial charge in [0.2, 0.25) is 0 Å². The first-order chi connectivity index (χ1) is 15.9. The molecule has 0 aromatic rings. The molecule has 0 spiro atoms. The summed E-state index contributed by atoms with van der Waals surface area (Å²) in [5, 5.41) is 0. The van der Waals surface area contributed by atoms with E-state index in [0.717, 1.165) is 25.7 Å². The Hall–Kier alpha value is -1.76. The Morgan fingerprint density at radius 2 is 0.500 bits per heavy atom. The van der Waals surface area contributed by atoms with Crippen LogP contribution in [0.3, 0.4) is 0 Å². The van der Waals surface area contributed by atoms with E-state index >= 15 is 0 Å². The summed E-state index contributed by atoms with van der Waals surface area (Å²) in [6.07, 6.45) is 41.1. The molecule has 0 bridgehead atoms. The largest absolute Gasteiger partial charge is 0.120 e. The van der Waals surface area contributed by atoms with Crippen LogP contribution in [0.4, 0.5) is 0 Å². The minimum atomic E-state index is 0.949. The maximum atomic E-state index is 5.27. The predicted molar refractivity (Wildman–Crippen MR) is 144 cm³/mol. The van der Waals surface area contributed by atoms with Crippen molar-refractivity contribution in [1.82, 2.24) is 0 Å². The number of unbranched alkanes of at least 4 members (excludes halogenated alkanes) is 22. The van der Waals surface area contributed by atoms with Gasteiger partial charge in [-0.25, -0.2) is 0 Å². The quantitative estimate of drug-likeness (QED) is 0.117. The summed E-state index contributed by atoms with van der Waals surface area (Å²) < 4.78 is 0. The zero-order valence-corrected chi connectivity index (χ0v) is 21.1. The van der Waals surface area contributed by atoms with Crippen LogP contribution in [0.2, 0.25) is 0 Å². The molecule has 0 aliphatic carbocycles. The van der Waals surface area contributed by atoms with Gasteiger partial charge in [-0.2, -0.15) is 0 Å². The second-order valence-electron chi connectivity index (χ2n) is 9.08. The first-order valence-electron chi connectivity index (χ1n) is 13.7. The van der Waals surface area contributed by atoms with Crippen LogP contribution >= 0.6 is 0 Å². The molecule has 0 amide bonds. The normalized spacial score (nSPS) is 9.81. The molecule has 0 atom stereocenters. The Labute approximate surface area is 202 Å². The Kier molecular flexibility index (Phi) is 27.6. The van der Waals surface area contributed by atoms with E-state index in [1.807, 2.05) is 0 Å². The molecule has 0 nitrogen and oxygen atoms in total. The van der Waals surface area contributed by atoms with Crippen molar-refractivity contribution < 1.29 is 0 Å². The average molecular weight is 435 g/mol. The number of hydrogen-bond acceptors (Lipinski definition) is 0. The molecule has 32 heavy (non-hydrogen) atoms. The molecular formula is C32H50. The SMILES string of the molecule is C#CCCCCCCCCCCCCC#CC#CCCCCCCCCCCCCC#C. The van der Waals surface area contributed by atoms with Crippen LogP contribution in [0.15, 0.2) is 0 Å². The fourth-order valence-electron chi connectivity index (χ4n) is 3.92. The van der Waals surface area contributed by atoms with Gasteiger partial charge in [-0.3, -0.25) is 0 Å². The summed E-state index contributed by atoms with van der Waals surface area (Å²) in [5.41, 5.74) is 0. The lowest BCUT2D eigenvalue weighted by molar-refractivity contribution is 0.555. The molecule has 0 rings (SSSR count). The highest BCUT2D eigenvalue weighted by Crippen LogP contribution is 2.12. The second-order valence-corrected chi connectivity index (χ2v) is 9.08. The van der Waals surface area contributed by atoms with Gasteiger partial charge in [-0.15, -0.1) is 24.7 Å². The summed E-state index contributed by atoms with van der Waals surface area (Å²) in [6, 6.07) is 0. The zero-order chi connectivity index (χ0) is 23.2. The highest BCUT2D eigenvalue weighted by atomic mass is 14.0. The Morgan fingerprint density at radius 3 is 0.750 bits per heavy atom. The summed E-state index contributed by atoms with van der Waals surface area (Å²) in [6.45, 7) is 0. The molecule has 0 radical (unpaired) electrons. The Bertz CT molecular complexity index is 520. The first kappa shape index (κ1) is 30.2. The third-order valence-corrected chi connectivity index (χ3v) is 5.99. The topological polar surface area (TPSA) is 0 Å². The van der Waals surface area contributed by atoms with E-state index in [1.54, 1.807) is 0 Å². The van der Waals surface area contributed by atoms with Crippen molar-refractivity contribution in [2.24, 2.45) is 0 Å². The summed E-state index contributed by atoms with van der Waals surface area (Å²) in [7, 11) is 0. The van der Waals surface area contributed by atoms with E-state index in [-0.39, 0.29) is 0 Å². The molecule has 0 saturated heterocycles. The minimum Gasteiger partial charge on any atom is -0.120 e. The summed E-state index contributed by atoms with van der Waals surface area (Å²) >= 11 is 0. The van der Waals surface area contributed by atoms with E-state index in [0.29, 0.717) is 0 Å². The fraction of sp³-hybridized carbons (Fsp3) is 0.750. The van der Waals surface area contributed by atoms with Gasteiger partial charge < -0.3 is 0 Å². The van der Waals surface area contributed by atoms with Crippen molar-refractivity contribution in [2.45, 2.75) is 154 Å². The van der Waals surface area contributed by atoms with Gasteiger partial charge in [0.1, 0.15) is 0 Å². The molecule has 0 N–H and O–H groups in total. The van der Waals surface area contributed by atoms with Crippen LogP contribution in [0, 0.1) is 48.4 Å². The van der Waals surface area contributed by atoms with E-state index in [2.05, 4.69) is 35.5 Å². The van der Waals surface area contributed by atoms with Crippen LogP contribution in [0.5, 0.6) is 0 Å². The predicted octanol–water partition coefficient (Wildman–Crippen LogP) is 9.62. The van der Waals surface area contributed by atoms with Crippen molar-refractivity contribution in [2.75, 3.05) is 0 Å². The van der Waals surface area contributed by atoms with E-state index in [4.69, 9.17) is 12.8 Å². The maximum Gasteiger partial charge on any atom is 0.00989 e. The number of terminal acetylenes is 2. The van der Waals surface area contributed by atoms with Crippen LogP contribution in [-0.2, 0) is 0 Å². The van der Waals surface area contributed by atoms with Gasteiger partial charge in [0.15, 0.2) is 0 Å². The van der Waals surface area contributed by atoms with Crippen LogP contribution < -0.4 is 0 Å². The standard InChI is InChI=1S/C32H50/c1-3-5-7-9-11-13-15-17-19-21-23-25-27-29-31-32-30-28-26-24-22-20-18-16-14-12-10-8-6-4-2/h1-2H,5-28H2. The summed E-state index contributed by atoms with van der Waals surface area (Å²) in [5.74, 6) is 17.9. The second kappa shape index (κ2) is 29.2. The third-order valence-electron chi connectivity index (χ3n) is 5.99. The monoisotopic (exact) mass is 434 g/mol. The fourth-order valence-corrected chi connectivity index (χ4v) is 3.92. The van der Waals surface area contributed by atoms with Gasteiger partial charge in [-0.1, -0.05) is 115 Å². The molecule has 0 aromatic heterocycles. The van der Waals surface area contributed by atoms with Gasteiger partial charge in [0.05, 0.1) is 0 Å². The van der Waals surface area contributed by atoms with Crippen molar-refractivity contribution in [3.05, 3.63) is 0 Å². The molecule has 0 heterocycles. The third kappa shape index (κ3) is 28.2. The number of hydrogen-bond donors (Lipinski definition) is 0. The van der Waals surface area contributed by atoms with Crippen LogP contribution in [0.25, 0.3) is 0 Å². The number of rotatable bonds is 22. The minimum absolute atomic E-state index is 0.949. The smallest absolute Gasteiger partial charge is 0.00989 e. The zero-order valence-electron chi connectivity index (χ0n) is 21.1. The van der Waals surface area contributed by atoms with Gasteiger partial charge in [-0.05, 0) is 37.5 Å². The molecule has 0 aromatic carbocycles. The van der Waals surface area contributed by atoms with Crippen molar-refractivity contribution >= 4 is 0 Å². The molecule has 0 aliphatic heterocycles. The van der Waals surface area contributed by atoms with Gasteiger partial charge in [0.25, 0.3) is 0 Å². The Balaban J connectivity index is 3.22. The summed E-state index contributed by atoms with van der Waals surface area (Å²) in [4.78, 5) is 0. The van der Waals surface area contributed by atoms with Crippen molar-refractivity contribution in [1.29, 1.82) is 0 Å². The molecular weight excluding hydrogens is 384 g/mol.